The van der Waals surface area contributed by atoms with Crippen molar-refractivity contribution >= 4 is 8.53 Å². The molecule has 0 aromatic rings. The molecule has 3 rings (SSSR count). The minimum atomic E-state index is -1.34. The van der Waals surface area contributed by atoms with Crippen LogP contribution < -0.4 is 0 Å². The fraction of sp³-hybridized carbons (Fsp3) is 0.917. The molecule has 9 nitrogen and oxygen atoms in total. The molecule has 0 aromatic carbocycles. The second-order valence-corrected chi connectivity index (χ2v) is 11.3. The molecular formula is C24H43N3O6PU-. The maximum Gasteiger partial charge on any atom is 0.259 e. The standard InChI is InChI=1S/C24H43N3O6P.U/c1-9-19-12-21(33-34(31-11-10-25-7)27(17(2)3)18(4)5)23(32-19)15-30-26(8)13-20-22-14-29-24(20,6)16-28-22;/h14,17-23H,9-13,15-16H2,1-6,8H3;/q-1;/t19-,20-,21-,22-,23+,24-,34?;/m0./s1/i6D;. The molecule has 3 fully saturated rings. The summed E-state index contributed by atoms with van der Waals surface area (Å²) in [7, 11) is 0.557. The van der Waals surface area contributed by atoms with Gasteiger partial charge in [-0.2, -0.15) is 11.7 Å². The number of nitrogens with zero attached hydrogens (tertiary/aromatic N) is 3. The van der Waals surface area contributed by atoms with Gasteiger partial charge in [0.1, 0.15) is 12.7 Å². The van der Waals surface area contributed by atoms with Gasteiger partial charge in [0.15, 0.2) is 0 Å². The molecule has 3 saturated heterocycles. The summed E-state index contributed by atoms with van der Waals surface area (Å²) >= 11 is 0. The van der Waals surface area contributed by atoms with Crippen molar-refractivity contribution in [1.29, 1.82) is 0 Å². The van der Waals surface area contributed by atoms with Crippen LogP contribution in [0.5, 0.6) is 0 Å². The smallest absolute Gasteiger partial charge is 0.259 e. The Morgan fingerprint density at radius 2 is 2.06 bits per heavy atom. The van der Waals surface area contributed by atoms with Gasteiger partial charge in [0.2, 0.25) is 6.54 Å². The van der Waals surface area contributed by atoms with Crippen LogP contribution in [-0.2, 0) is 28.1 Å². The molecule has 3 aliphatic heterocycles. The quantitative estimate of drug-likeness (QED) is 0.115. The van der Waals surface area contributed by atoms with E-state index in [2.05, 4.69) is 44.1 Å². The van der Waals surface area contributed by atoms with Crippen LogP contribution in [0.2, 0.25) is 0 Å². The number of hydrogen-bond acceptors (Lipinski definition) is 8. The molecule has 0 amide bonds. The molecular weight excluding hydrogens is 695 g/mol. The van der Waals surface area contributed by atoms with Crippen LogP contribution in [0.25, 0.3) is 4.85 Å². The van der Waals surface area contributed by atoms with Gasteiger partial charge in [0.05, 0.1) is 31.0 Å². The normalized spacial score (nSPS) is 33.5. The molecule has 0 aliphatic carbocycles. The van der Waals surface area contributed by atoms with Crippen molar-refractivity contribution in [1.82, 2.24) is 9.73 Å². The summed E-state index contributed by atoms with van der Waals surface area (Å²) in [6, 6.07) is 0.484. The Morgan fingerprint density at radius 1 is 1.31 bits per heavy atom. The predicted octanol–water partition coefficient (Wildman–Crippen LogP) is 4.05. The van der Waals surface area contributed by atoms with Gasteiger partial charge < -0.3 is 28.1 Å². The maximum absolute atomic E-state index is 7.93. The Balaban J connectivity index is 0.00000456. The average Bonchev–Trinajstić information content (AvgIpc) is 3.48. The summed E-state index contributed by atoms with van der Waals surface area (Å²) in [4.78, 5) is 9.54. The van der Waals surface area contributed by atoms with E-state index in [9.17, 15) is 0 Å². The minimum absolute atomic E-state index is 0. The van der Waals surface area contributed by atoms with Crippen LogP contribution in [0.15, 0.2) is 0 Å². The van der Waals surface area contributed by atoms with E-state index >= 15 is 0 Å². The number of ether oxygens (including phenoxy) is 3. The molecule has 3 aliphatic rings. The Hall–Kier alpha value is 0.652. The van der Waals surface area contributed by atoms with E-state index in [1.165, 1.54) is 0 Å². The first-order valence-electron chi connectivity index (χ1n) is 13.1. The zero-order chi connectivity index (χ0) is 25.6. The molecule has 7 atom stereocenters. The first-order chi connectivity index (χ1) is 16.7. The Labute approximate surface area is 238 Å². The number of rotatable bonds is 14. The molecule has 0 radical (unpaired) electrons. The average molecular weight is 740 g/mol. The Morgan fingerprint density at radius 3 is 2.63 bits per heavy atom. The van der Waals surface area contributed by atoms with Gasteiger partial charge in [-0.15, -0.1) is 0 Å². The van der Waals surface area contributed by atoms with Crippen LogP contribution >= 0.6 is 8.53 Å². The third kappa shape index (κ3) is 8.32. The molecule has 3 heterocycles. The summed E-state index contributed by atoms with van der Waals surface area (Å²) in [5.74, 6) is 0.0688. The largest absolute Gasteiger partial charge is 0.543 e. The van der Waals surface area contributed by atoms with Crippen LogP contribution in [-0.4, -0.2) is 91.8 Å². The van der Waals surface area contributed by atoms with E-state index in [1.54, 1.807) is 6.61 Å². The summed E-state index contributed by atoms with van der Waals surface area (Å²) in [6.07, 6.45) is 1.33. The second kappa shape index (κ2) is 14.7. The summed E-state index contributed by atoms with van der Waals surface area (Å²) in [5.41, 5.74) is -0.569. The molecule has 0 spiro atoms. The minimum Gasteiger partial charge on any atom is -0.543 e. The van der Waals surface area contributed by atoms with E-state index in [1.807, 2.05) is 12.1 Å². The van der Waals surface area contributed by atoms with Gasteiger partial charge in [-0.05, 0) is 47.1 Å². The van der Waals surface area contributed by atoms with E-state index < -0.39 is 14.1 Å². The Bertz CT molecular complexity index is 689. The molecule has 35 heavy (non-hydrogen) atoms. The van der Waals surface area contributed by atoms with Gasteiger partial charge in [-0.1, -0.05) is 6.92 Å². The van der Waals surface area contributed by atoms with Crippen LogP contribution in [0.4, 0.5) is 0 Å². The fourth-order valence-electron chi connectivity index (χ4n) is 4.75. The van der Waals surface area contributed by atoms with Crippen LogP contribution in [0, 0.1) is 50.2 Å². The molecule has 0 aromatic heterocycles. The number of hydrogen-bond donors (Lipinski definition) is 0. The van der Waals surface area contributed by atoms with Gasteiger partial charge in [0, 0.05) is 70.5 Å². The van der Waals surface area contributed by atoms with Crippen LogP contribution in [0.3, 0.4) is 0 Å². The summed E-state index contributed by atoms with van der Waals surface area (Å²) in [6.45, 7) is 21.7. The van der Waals surface area contributed by atoms with Crippen molar-refractivity contribution in [3.05, 3.63) is 18.0 Å². The molecule has 200 valence electrons. The fourth-order valence-corrected chi connectivity index (χ4v) is 6.49. The molecule has 0 N–H and O–H groups in total. The molecule has 11 heteroatoms. The number of hydroxylamine groups is 2. The molecule has 1 unspecified atom stereocenters. The summed E-state index contributed by atoms with van der Waals surface area (Å²) in [5, 5.41) is 1.81. The van der Waals surface area contributed by atoms with E-state index in [0.29, 0.717) is 32.9 Å². The zero-order valence-electron chi connectivity index (χ0n) is 23.0. The van der Waals surface area contributed by atoms with Gasteiger partial charge >= 0.3 is 0 Å². The monoisotopic (exact) mass is 739 g/mol. The SMILES string of the molecule is [2H]C[C@@]12CO[C@@H]([CH-]O1)[C@@H]2CN(C)OC[C@H]1O[C@@H](CC)C[C@@H]1OP(OCC[N+]#[C-])N(C(C)C)C(C)C.[U]. The van der Waals surface area contributed by atoms with E-state index in [-0.39, 0.29) is 80.4 Å². The first-order valence-corrected chi connectivity index (χ1v) is 13.5. The second-order valence-electron chi connectivity index (χ2n) is 9.91. The van der Waals surface area contributed by atoms with Gasteiger partial charge in [0.25, 0.3) is 8.53 Å². The van der Waals surface area contributed by atoms with E-state index in [4.69, 9.17) is 36.0 Å². The third-order valence-corrected chi connectivity index (χ3v) is 8.71. The topological polar surface area (TPSA) is 66.2 Å². The van der Waals surface area contributed by atoms with Gasteiger partial charge in [-0.25, -0.2) is 11.2 Å². The predicted molar refractivity (Wildman–Crippen MR) is 130 cm³/mol. The van der Waals surface area contributed by atoms with Crippen molar-refractivity contribution in [3.63, 3.8) is 0 Å². The number of fused-ring (bicyclic) bond motifs is 2. The van der Waals surface area contributed by atoms with Crippen molar-refractivity contribution in [2.75, 3.05) is 40.0 Å². The molecule has 2 bridgehead atoms. The van der Waals surface area contributed by atoms with Gasteiger partial charge in [-0.3, -0.25) is 4.84 Å². The van der Waals surface area contributed by atoms with Crippen molar-refractivity contribution < 1.29 is 60.6 Å². The van der Waals surface area contributed by atoms with E-state index in [0.717, 1.165) is 12.8 Å². The zero-order valence-corrected chi connectivity index (χ0v) is 27.1. The van der Waals surface area contributed by atoms with Crippen molar-refractivity contribution in [3.8, 4) is 0 Å². The first kappa shape index (κ1) is 30.2. The molecule has 0 saturated carbocycles. The van der Waals surface area contributed by atoms with Crippen LogP contribution in [0.1, 0.15) is 55.7 Å². The van der Waals surface area contributed by atoms with Crippen molar-refractivity contribution in [2.45, 2.75) is 96.5 Å². The van der Waals surface area contributed by atoms with Crippen molar-refractivity contribution in [2.24, 2.45) is 5.92 Å². The maximum atomic E-state index is 7.93. The summed E-state index contributed by atoms with van der Waals surface area (Å²) < 4.78 is 40.7. The third-order valence-electron chi connectivity index (χ3n) is 6.55. The Kier molecular flexibility index (Phi) is 12.7.